The Hall–Kier alpha value is -1.51. The third-order valence-corrected chi connectivity index (χ3v) is 2.28. The van der Waals surface area contributed by atoms with Gasteiger partial charge in [-0.1, -0.05) is 0 Å². The number of nitrogens with two attached hydrogens (primary N) is 1. The van der Waals surface area contributed by atoms with Crippen molar-refractivity contribution in [3.63, 3.8) is 0 Å². The third-order valence-electron chi connectivity index (χ3n) is 2.28. The molecule has 0 unspecified atom stereocenters. The van der Waals surface area contributed by atoms with Crippen molar-refractivity contribution in [2.24, 2.45) is 0 Å². The fourth-order valence-electron chi connectivity index (χ4n) is 1.66. The number of hydrogen-bond acceptors (Lipinski definition) is 2. The Morgan fingerprint density at radius 3 is 2.92 bits per heavy atom. The minimum absolute atomic E-state index is 0.794. The van der Waals surface area contributed by atoms with Crippen molar-refractivity contribution in [1.29, 1.82) is 0 Å². The van der Waals surface area contributed by atoms with Gasteiger partial charge in [0.2, 0.25) is 0 Å². The van der Waals surface area contributed by atoms with Crippen LogP contribution in [-0.4, -0.2) is 9.55 Å². The molecule has 1 heterocycles. The quantitative estimate of drug-likeness (QED) is 0.673. The molecule has 0 aliphatic rings. The first kappa shape index (κ1) is 8.10. The van der Waals surface area contributed by atoms with E-state index in [1.54, 1.807) is 0 Å². The summed E-state index contributed by atoms with van der Waals surface area (Å²) in [5.41, 5.74) is 8.66. The number of nitrogen functional groups attached to an aromatic ring is 1. The van der Waals surface area contributed by atoms with Gasteiger partial charge < -0.3 is 10.3 Å². The van der Waals surface area contributed by atoms with Crippen molar-refractivity contribution in [3.8, 4) is 0 Å². The molecule has 0 atom stereocenters. The van der Waals surface area contributed by atoms with Gasteiger partial charge >= 0.3 is 0 Å². The summed E-state index contributed by atoms with van der Waals surface area (Å²) < 4.78 is 2.16. The maximum atomic E-state index is 5.72. The Morgan fingerprint density at radius 1 is 1.46 bits per heavy atom. The number of nitrogens with zero attached hydrogens (tertiary/aromatic N) is 2. The van der Waals surface area contributed by atoms with Crippen LogP contribution in [0.2, 0.25) is 0 Å². The van der Waals surface area contributed by atoms with E-state index in [0.717, 1.165) is 29.1 Å². The van der Waals surface area contributed by atoms with Crippen molar-refractivity contribution in [2.45, 2.75) is 20.4 Å². The van der Waals surface area contributed by atoms with Gasteiger partial charge in [0.25, 0.3) is 0 Å². The highest BCUT2D eigenvalue weighted by Crippen LogP contribution is 2.18. The van der Waals surface area contributed by atoms with Crippen LogP contribution in [0.25, 0.3) is 11.0 Å². The number of fused-ring (bicyclic) bond motifs is 1. The van der Waals surface area contributed by atoms with E-state index in [1.807, 2.05) is 25.1 Å². The maximum absolute atomic E-state index is 5.72. The SMILES string of the molecule is CCn1c(C)nc2ccc(N)cc21. The zero-order valence-electron chi connectivity index (χ0n) is 7.91. The minimum atomic E-state index is 0.794. The van der Waals surface area contributed by atoms with Gasteiger partial charge in [0, 0.05) is 12.2 Å². The summed E-state index contributed by atoms with van der Waals surface area (Å²) >= 11 is 0. The number of anilines is 1. The molecule has 0 aliphatic carbocycles. The second-order valence-electron chi connectivity index (χ2n) is 3.15. The van der Waals surface area contributed by atoms with E-state index in [0.29, 0.717) is 0 Å². The lowest BCUT2D eigenvalue weighted by atomic mass is 10.3. The molecule has 13 heavy (non-hydrogen) atoms. The zero-order chi connectivity index (χ0) is 9.42. The summed E-state index contributed by atoms with van der Waals surface area (Å²) in [6.45, 7) is 5.06. The number of benzene rings is 1. The lowest BCUT2D eigenvalue weighted by Gasteiger charge is -2.01. The summed E-state index contributed by atoms with van der Waals surface area (Å²) in [4.78, 5) is 4.43. The molecule has 2 rings (SSSR count). The Bertz CT molecular complexity index is 443. The van der Waals surface area contributed by atoms with Crippen LogP contribution in [0.1, 0.15) is 12.7 Å². The predicted molar refractivity (Wildman–Crippen MR) is 54.6 cm³/mol. The predicted octanol–water partition coefficient (Wildman–Crippen LogP) is 1.95. The molecule has 2 N–H and O–H groups in total. The van der Waals surface area contributed by atoms with Gasteiger partial charge in [0.05, 0.1) is 11.0 Å². The van der Waals surface area contributed by atoms with Crippen molar-refractivity contribution < 1.29 is 0 Å². The highest BCUT2D eigenvalue weighted by Gasteiger charge is 2.04. The highest BCUT2D eigenvalue weighted by molar-refractivity contribution is 5.79. The number of rotatable bonds is 1. The van der Waals surface area contributed by atoms with Crippen molar-refractivity contribution in [2.75, 3.05) is 5.73 Å². The van der Waals surface area contributed by atoms with Crippen LogP contribution in [0.3, 0.4) is 0 Å². The molecule has 1 aromatic carbocycles. The van der Waals surface area contributed by atoms with E-state index < -0.39 is 0 Å². The monoisotopic (exact) mass is 175 g/mol. The number of aromatic nitrogens is 2. The Balaban J connectivity index is 2.80. The van der Waals surface area contributed by atoms with Crippen LogP contribution in [0.5, 0.6) is 0 Å². The summed E-state index contributed by atoms with van der Waals surface area (Å²) in [5.74, 6) is 1.04. The number of imidazole rings is 1. The van der Waals surface area contributed by atoms with Crippen molar-refractivity contribution >= 4 is 16.7 Å². The van der Waals surface area contributed by atoms with Crippen LogP contribution in [-0.2, 0) is 6.54 Å². The first-order valence-electron chi connectivity index (χ1n) is 4.44. The standard InChI is InChI=1S/C10H13N3/c1-3-13-7(2)12-9-5-4-8(11)6-10(9)13/h4-6H,3,11H2,1-2H3. The molecule has 0 fully saturated rings. The van der Waals surface area contributed by atoms with Gasteiger partial charge in [-0.3, -0.25) is 0 Å². The Kier molecular flexibility index (Phi) is 1.72. The van der Waals surface area contributed by atoms with Gasteiger partial charge in [0.1, 0.15) is 5.82 Å². The Morgan fingerprint density at radius 2 is 2.23 bits per heavy atom. The molecule has 3 nitrogen and oxygen atoms in total. The van der Waals surface area contributed by atoms with Crippen LogP contribution in [0.15, 0.2) is 18.2 Å². The summed E-state index contributed by atoms with van der Waals surface area (Å²) in [6, 6.07) is 5.82. The average molecular weight is 175 g/mol. The molecule has 2 aromatic rings. The first-order valence-corrected chi connectivity index (χ1v) is 4.44. The fraction of sp³-hybridized carbons (Fsp3) is 0.300. The second-order valence-corrected chi connectivity index (χ2v) is 3.15. The normalized spacial score (nSPS) is 10.9. The largest absolute Gasteiger partial charge is 0.399 e. The lowest BCUT2D eigenvalue weighted by Crippen LogP contribution is -1.96. The van der Waals surface area contributed by atoms with E-state index >= 15 is 0 Å². The Labute approximate surface area is 77.2 Å². The molecule has 0 spiro atoms. The van der Waals surface area contributed by atoms with Crippen molar-refractivity contribution in [3.05, 3.63) is 24.0 Å². The number of hydrogen-bond donors (Lipinski definition) is 1. The van der Waals surface area contributed by atoms with Crippen LogP contribution in [0.4, 0.5) is 5.69 Å². The van der Waals surface area contributed by atoms with Gasteiger partial charge in [-0.15, -0.1) is 0 Å². The van der Waals surface area contributed by atoms with E-state index in [9.17, 15) is 0 Å². The van der Waals surface area contributed by atoms with Crippen LogP contribution >= 0.6 is 0 Å². The van der Waals surface area contributed by atoms with Gasteiger partial charge in [0.15, 0.2) is 0 Å². The van der Waals surface area contributed by atoms with Crippen molar-refractivity contribution in [1.82, 2.24) is 9.55 Å². The molecule has 68 valence electrons. The molecule has 1 aromatic heterocycles. The molecule has 0 saturated carbocycles. The topological polar surface area (TPSA) is 43.8 Å². The smallest absolute Gasteiger partial charge is 0.106 e. The first-order chi connectivity index (χ1) is 6.22. The fourth-order valence-corrected chi connectivity index (χ4v) is 1.66. The van der Waals surface area contributed by atoms with Gasteiger partial charge in [-0.05, 0) is 32.0 Å². The van der Waals surface area contributed by atoms with E-state index in [4.69, 9.17) is 5.73 Å². The summed E-state index contributed by atoms with van der Waals surface area (Å²) in [7, 11) is 0. The zero-order valence-corrected chi connectivity index (χ0v) is 7.91. The second kappa shape index (κ2) is 2.76. The molecular formula is C10H13N3. The lowest BCUT2D eigenvalue weighted by molar-refractivity contribution is 0.753. The molecule has 0 amide bonds. The minimum Gasteiger partial charge on any atom is -0.399 e. The summed E-state index contributed by atoms with van der Waals surface area (Å²) in [6.07, 6.45) is 0. The third kappa shape index (κ3) is 1.16. The average Bonchev–Trinajstić information content (AvgIpc) is 2.40. The molecular weight excluding hydrogens is 162 g/mol. The van der Waals surface area contributed by atoms with Crippen LogP contribution < -0.4 is 5.73 Å². The maximum Gasteiger partial charge on any atom is 0.106 e. The molecule has 0 saturated heterocycles. The van der Waals surface area contributed by atoms with E-state index in [1.165, 1.54) is 0 Å². The van der Waals surface area contributed by atoms with Gasteiger partial charge in [-0.2, -0.15) is 0 Å². The molecule has 0 aliphatic heterocycles. The summed E-state index contributed by atoms with van der Waals surface area (Å²) in [5, 5.41) is 0. The number of aryl methyl sites for hydroxylation is 2. The molecule has 0 radical (unpaired) electrons. The highest BCUT2D eigenvalue weighted by atomic mass is 15.1. The van der Waals surface area contributed by atoms with E-state index in [2.05, 4.69) is 16.5 Å². The van der Waals surface area contributed by atoms with Crippen LogP contribution in [0, 0.1) is 6.92 Å². The molecule has 0 bridgehead atoms. The molecule has 3 heteroatoms. The van der Waals surface area contributed by atoms with Gasteiger partial charge in [-0.25, -0.2) is 4.98 Å². The van der Waals surface area contributed by atoms with E-state index in [-0.39, 0.29) is 0 Å².